The van der Waals surface area contributed by atoms with E-state index in [4.69, 9.17) is 9.84 Å². The Morgan fingerprint density at radius 2 is 1.88 bits per heavy atom. The summed E-state index contributed by atoms with van der Waals surface area (Å²) in [5.41, 5.74) is 0.874. The van der Waals surface area contributed by atoms with Gasteiger partial charge >= 0.3 is 11.9 Å². The third-order valence-corrected chi connectivity index (χ3v) is 2.02. The number of esters is 1. The highest BCUT2D eigenvalue weighted by atomic mass is 16.6. The SMILES string of the molecule is CC(OC(=O)COCC(=O)O)c1ccccc1. The van der Waals surface area contributed by atoms with Gasteiger partial charge in [-0.15, -0.1) is 0 Å². The average molecular weight is 238 g/mol. The van der Waals surface area contributed by atoms with Gasteiger partial charge in [-0.1, -0.05) is 30.3 Å². The van der Waals surface area contributed by atoms with Gasteiger partial charge in [0.15, 0.2) is 0 Å². The number of carboxylic acids is 1. The Balaban J connectivity index is 2.34. The predicted molar refractivity (Wildman–Crippen MR) is 59.4 cm³/mol. The predicted octanol–water partition coefficient (Wildman–Crippen LogP) is 1.39. The van der Waals surface area contributed by atoms with Gasteiger partial charge in [0.25, 0.3) is 0 Å². The number of benzene rings is 1. The molecule has 1 rings (SSSR count). The number of rotatable bonds is 6. The summed E-state index contributed by atoms with van der Waals surface area (Å²) in [7, 11) is 0. The van der Waals surface area contributed by atoms with Crippen LogP contribution < -0.4 is 0 Å². The first-order valence-electron chi connectivity index (χ1n) is 5.13. The maximum absolute atomic E-state index is 11.3. The van der Waals surface area contributed by atoms with E-state index in [-0.39, 0.29) is 12.7 Å². The molecule has 0 saturated carbocycles. The number of ether oxygens (including phenoxy) is 2. The highest BCUT2D eigenvalue weighted by Gasteiger charge is 2.11. The summed E-state index contributed by atoms with van der Waals surface area (Å²) in [5, 5.41) is 8.31. The molecule has 0 aromatic heterocycles. The molecular formula is C12H14O5. The first-order valence-corrected chi connectivity index (χ1v) is 5.13. The third kappa shape index (κ3) is 5.12. The molecule has 0 bridgehead atoms. The molecule has 0 spiro atoms. The lowest BCUT2D eigenvalue weighted by molar-refractivity contribution is -0.156. The molecule has 0 aliphatic heterocycles. The van der Waals surface area contributed by atoms with E-state index in [2.05, 4.69) is 4.74 Å². The number of hydrogen-bond donors (Lipinski definition) is 1. The summed E-state index contributed by atoms with van der Waals surface area (Å²) >= 11 is 0. The monoisotopic (exact) mass is 238 g/mol. The molecule has 1 aromatic rings. The Labute approximate surface area is 99.0 Å². The van der Waals surface area contributed by atoms with E-state index in [1.54, 1.807) is 6.92 Å². The molecular weight excluding hydrogens is 224 g/mol. The molecule has 92 valence electrons. The fourth-order valence-electron chi connectivity index (χ4n) is 1.24. The van der Waals surface area contributed by atoms with E-state index < -0.39 is 18.5 Å². The van der Waals surface area contributed by atoms with Crippen LogP contribution in [0.2, 0.25) is 0 Å². The van der Waals surface area contributed by atoms with E-state index >= 15 is 0 Å². The Hall–Kier alpha value is -1.88. The summed E-state index contributed by atoms with van der Waals surface area (Å²) < 4.78 is 9.68. The van der Waals surface area contributed by atoms with Crippen molar-refractivity contribution < 1.29 is 24.2 Å². The fourth-order valence-corrected chi connectivity index (χ4v) is 1.24. The van der Waals surface area contributed by atoms with Gasteiger partial charge < -0.3 is 14.6 Å². The molecule has 5 heteroatoms. The van der Waals surface area contributed by atoms with Crippen LogP contribution in [0.25, 0.3) is 0 Å². The van der Waals surface area contributed by atoms with Gasteiger partial charge in [0.2, 0.25) is 0 Å². The van der Waals surface area contributed by atoms with Crippen molar-refractivity contribution >= 4 is 11.9 Å². The van der Waals surface area contributed by atoms with Crippen molar-refractivity contribution in [3.63, 3.8) is 0 Å². The second-order valence-corrected chi connectivity index (χ2v) is 3.43. The number of carboxylic acid groups (broad SMARTS) is 1. The lowest BCUT2D eigenvalue weighted by atomic mass is 10.1. The van der Waals surface area contributed by atoms with E-state index in [1.165, 1.54) is 0 Å². The van der Waals surface area contributed by atoms with Crippen molar-refractivity contribution in [1.82, 2.24) is 0 Å². The highest BCUT2D eigenvalue weighted by Crippen LogP contribution is 2.15. The highest BCUT2D eigenvalue weighted by molar-refractivity contribution is 5.72. The maximum Gasteiger partial charge on any atom is 0.332 e. The largest absolute Gasteiger partial charge is 0.480 e. The van der Waals surface area contributed by atoms with Crippen LogP contribution in [-0.2, 0) is 19.1 Å². The molecule has 0 aliphatic carbocycles. The van der Waals surface area contributed by atoms with Gasteiger partial charge in [0.1, 0.15) is 19.3 Å². The van der Waals surface area contributed by atoms with Gasteiger partial charge in [-0.25, -0.2) is 9.59 Å². The molecule has 17 heavy (non-hydrogen) atoms. The first kappa shape index (κ1) is 13.2. The molecule has 0 heterocycles. The first-order chi connectivity index (χ1) is 8.09. The Morgan fingerprint density at radius 3 is 2.47 bits per heavy atom. The zero-order valence-electron chi connectivity index (χ0n) is 9.46. The molecule has 5 nitrogen and oxygen atoms in total. The van der Waals surface area contributed by atoms with Crippen molar-refractivity contribution in [1.29, 1.82) is 0 Å². The topological polar surface area (TPSA) is 72.8 Å². The normalized spacial score (nSPS) is 11.8. The van der Waals surface area contributed by atoms with Crippen molar-refractivity contribution in [2.24, 2.45) is 0 Å². The zero-order chi connectivity index (χ0) is 12.7. The van der Waals surface area contributed by atoms with Crippen molar-refractivity contribution in [3.05, 3.63) is 35.9 Å². The number of hydrogen-bond acceptors (Lipinski definition) is 4. The molecule has 0 saturated heterocycles. The number of aliphatic carboxylic acids is 1. The molecule has 0 fully saturated rings. The van der Waals surface area contributed by atoms with Crippen molar-refractivity contribution in [2.75, 3.05) is 13.2 Å². The van der Waals surface area contributed by atoms with Crippen LogP contribution in [0.3, 0.4) is 0 Å². The Kier molecular flexibility index (Phi) is 5.16. The standard InChI is InChI=1S/C12H14O5/c1-9(10-5-3-2-4-6-10)17-12(15)8-16-7-11(13)14/h2-6,9H,7-8H2,1H3,(H,13,14). The second kappa shape index (κ2) is 6.65. The number of carbonyl (C=O) groups excluding carboxylic acids is 1. The van der Waals surface area contributed by atoms with Crippen molar-refractivity contribution in [2.45, 2.75) is 13.0 Å². The fraction of sp³-hybridized carbons (Fsp3) is 0.333. The zero-order valence-corrected chi connectivity index (χ0v) is 9.46. The van der Waals surface area contributed by atoms with E-state index in [1.807, 2.05) is 30.3 Å². The van der Waals surface area contributed by atoms with Crippen LogP contribution >= 0.6 is 0 Å². The Morgan fingerprint density at radius 1 is 1.24 bits per heavy atom. The summed E-state index contributed by atoms with van der Waals surface area (Å²) in [6.07, 6.45) is -0.378. The van der Waals surface area contributed by atoms with E-state index in [0.717, 1.165) is 5.56 Å². The second-order valence-electron chi connectivity index (χ2n) is 3.43. The maximum atomic E-state index is 11.3. The van der Waals surface area contributed by atoms with E-state index in [9.17, 15) is 9.59 Å². The molecule has 0 amide bonds. The van der Waals surface area contributed by atoms with Gasteiger partial charge in [-0.05, 0) is 12.5 Å². The quantitative estimate of drug-likeness (QED) is 0.758. The molecule has 1 atom stereocenters. The minimum atomic E-state index is -1.12. The van der Waals surface area contributed by atoms with Crippen LogP contribution in [0.4, 0.5) is 0 Å². The van der Waals surface area contributed by atoms with Crippen LogP contribution in [0, 0.1) is 0 Å². The molecule has 1 unspecified atom stereocenters. The lowest BCUT2D eigenvalue weighted by Crippen LogP contribution is -2.18. The summed E-state index contributed by atoms with van der Waals surface area (Å²) in [4.78, 5) is 21.4. The van der Waals surface area contributed by atoms with Crippen LogP contribution in [0.5, 0.6) is 0 Å². The molecule has 0 radical (unpaired) electrons. The van der Waals surface area contributed by atoms with Crippen LogP contribution in [0.15, 0.2) is 30.3 Å². The van der Waals surface area contributed by atoms with Crippen LogP contribution in [0.1, 0.15) is 18.6 Å². The van der Waals surface area contributed by atoms with Gasteiger partial charge in [0, 0.05) is 0 Å². The molecule has 1 aromatic carbocycles. The molecule has 1 N–H and O–H groups in total. The minimum Gasteiger partial charge on any atom is -0.480 e. The van der Waals surface area contributed by atoms with Crippen molar-refractivity contribution in [3.8, 4) is 0 Å². The van der Waals surface area contributed by atoms with Gasteiger partial charge in [0.05, 0.1) is 0 Å². The number of carbonyl (C=O) groups is 2. The molecule has 0 aliphatic rings. The Bertz CT molecular complexity index is 374. The third-order valence-electron chi connectivity index (χ3n) is 2.02. The van der Waals surface area contributed by atoms with Crippen LogP contribution in [-0.4, -0.2) is 30.3 Å². The average Bonchev–Trinajstić information content (AvgIpc) is 2.29. The van der Waals surface area contributed by atoms with Gasteiger partial charge in [-0.3, -0.25) is 0 Å². The summed E-state index contributed by atoms with van der Waals surface area (Å²) in [5.74, 6) is -1.70. The smallest absolute Gasteiger partial charge is 0.332 e. The summed E-state index contributed by atoms with van der Waals surface area (Å²) in [6.45, 7) is 0.878. The van der Waals surface area contributed by atoms with Gasteiger partial charge in [-0.2, -0.15) is 0 Å². The minimum absolute atomic E-state index is 0.358. The van der Waals surface area contributed by atoms with E-state index in [0.29, 0.717) is 0 Å². The summed E-state index contributed by atoms with van der Waals surface area (Å²) in [6, 6.07) is 9.25. The lowest BCUT2D eigenvalue weighted by Gasteiger charge is -2.13.